The third kappa shape index (κ3) is 1.37. The molecule has 1 fully saturated rings. The lowest BCUT2D eigenvalue weighted by Crippen LogP contribution is -2.32. The van der Waals surface area contributed by atoms with Crippen LogP contribution in [0.4, 0.5) is 0 Å². The molecular formula is C9H13N3O. The van der Waals surface area contributed by atoms with E-state index in [1.807, 2.05) is 6.92 Å². The van der Waals surface area contributed by atoms with E-state index in [0.29, 0.717) is 5.56 Å². The van der Waals surface area contributed by atoms with E-state index in [1.54, 1.807) is 17.1 Å². The lowest BCUT2D eigenvalue weighted by molar-refractivity contribution is 0.0949. The topological polar surface area (TPSA) is 60.9 Å². The third-order valence-electron chi connectivity index (χ3n) is 2.46. The van der Waals surface area contributed by atoms with Crippen LogP contribution in [0.1, 0.15) is 30.1 Å². The van der Waals surface area contributed by atoms with Crippen LogP contribution in [0.5, 0.6) is 0 Å². The number of nitrogens with two attached hydrogens (primary N) is 1. The van der Waals surface area contributed by atoms with Crippen molar-refractivity contribution in [2.75, 3.05) is 0 Å². The molecule has 1 aliphatic rings. The molecule has 2 N–H and O–H groups in total. The Bertz CT molecular complexity index is 338. The highest BCUT2D eigenvalue weighted by Gasteiger charge is 2.46. The molecule has 0 spiro atoms. The highest BCUT2D eigenvalue weighted by molar-refractivity contribution is 6.04. The molecule has 0 saturated heterocycles. The van der Waals surface area contributed by atoms with E-state index < -0.39 is 5.54 Å². The van der Waals surface area contributed by atoms with Crippen LogP contribution in [0, 0.1) is 0 Å². The zero-order chi connectivity index (χ0) is 9.47. The molecular weight excluding hydrogens is 166 g/mol. The van der Waals surface area contributed by atoms with Crippen molar-refractivity contribution >= 4 is 5.78 Å². The summed E-state index contributed by atoms with van der Waals surface area (Å²) in [5.41, 5.74) is 5.86. The van der Waals surface area contributed by atoms with Crippen molar-refractivity contribution < 1.29 is 4.79 Å². The fourth-order valence-electron chi connectivity index (χ4n) is 1.30. The van der Waals surface area contributed by atoms with Crippen molar-refractivity contribution in [3.05, 3.63) is 18.0 Å². The Balaban J connectivity index is 2.20. The number of nitrogens with zero attached hydrogens (tertiary/aromatic N) is 2. The Morgan fingerprint density at radius 3 is 2.92 bits per heavy atom. The first kappa shape index (κ1) is 8.44. The first-order valence-corrected chi connectivity index (χ1v) is 4.52. The summed E-state index contributed by atoms with van der Waals surface area (Å²) in [5.74, 6) is 0.0344. The minimum Gasteiger partial charge on any atom is -0.319 e. The minimum atomic E-state index is -0.568. The number of aryl methyl sites for hydroxylation is 1. The lowest BCUT2D eigenvalue weighted by Gasteiger charge is -2.03. The summed E-state index contributed by atoms with van der Waals surface area (Å²) in [7, 11) is 0. The molecule has 0 unspecified atom stereocenters. The van der Waals surface area contributed by atoms with Crippen molar-refractivity contribution in [3.8, 4) is 0 Å². The molecule has 4 heteroatoms. The van der Waals surface area contributed by atoms with Crippen molar-refractivity contribution in [2.24, 2.45) is 5.73 Å². The van der Waals surface area contributed by atoms with Gasteiger partial charge < -0.3 is 5.73 Å². The molecule has 1 aromatic heterocycles. The molecule has 1 aromatic rings. The van der Waals surface area contributed by atoms with Gasteiger partial charge in [0.15, 0.2) is 5.78 Å². The molecule has 1 saturated carbocycles. The number of ketones is 1. The molecule has 0 radical (unpaired) electrons. The van der Waals surface area contributed by atoms with Crippen LogP contribution < -0.4 is 5.73 Å². The van der Waals surface area contributed by atoms with Gasteiger partial charge in [-0.3, -0.25) is 9.48 Å². The predicted molar refractivity (Wildman–Crippen MR) is 48.4 cm³/mol. The smallest absolute Gasteiger partial charge is 0.185 e. The van der Waals surface area contributed by atoms with Crippen LogP contribution >= 0.6 is 0 Å². The van der Waals surface area contributed by atoms with Gasteiger partial charge in [-0.2, -0.15) is 5.10 Å². The maximum absolute atomic E-state index is 11.7. The van der Waals surface area contributed by atoms with Gasteiger partial charge in [0, 0.05) is 12.7 Å². The molecule has 1 heterocycles. The van der Waals surface area contributed by atoms with Gasteiger partial charge >= 0.3 is 0 Å². The van der Waals surface area contributed by atoms with Gasteiger partial charge in [-0.1, -0.05) is 0 Å². The molecule has 0 amide bonds. The van der Waals surface area contributed by atoms with Gasteiger partial charge in [-0.25, -0.2) is 0 Å². The van der Waals surface area contributed by atoms with Crippen LogP contribution in [0.2, 0.25) is 0 Å². The number of hydrogen-bond acceptors (Lipinski definition) is 3. The number of Topliss-reactive ketones (excluding diaryl/α,β-unsaturated/α-hetero) is 1. The molecule has 0 bridgehead atoms. The van der Waals surface area contributed by atoms with Crippen molar-refractivity contribution in [1.82, 2.24) is 9.78 Å². The summed E-state index contributed by atoms with van der Waals surface area (Å²) in [4.78, 5) is 11.7. The first-order valence-electron chi connectivity index (χ1n) is 4.52. The van der Waals surface area contributed by atoms with Crippen LogP contribution in [-0.4, -0.2) is 21.1 Å². The minimum absolute atomic E-state index is 0.0344. The fourth-order valence-corrected chi connectivity index (χ4v) is 1.30. The van der Waals surface area contributed by atoms with E-state index in [1.165, 1.54) is 0 Å². The molecule has 13 heavy (non-hydrogen) atoms. The quantitative estimate of drug-likeness (QED) is 0.690. The molecule has 2 rings (SSSR count). The Morgan fingerprint density at radius 1 is 1.77 bits per heavy atom. The number of rotatable bonds is 3. The van der Waals surface area contributed by atoms with E-state index in [4.69, 9.17) is 5.73 Å². The number of aromatic nitrogens is 2. The number of hydrogen-bond donors (Lipinski definition) is 1. The first-order chi connectivity index (χ1) is 6.15. The van der Waals surface area contributed by atoms with Gasteiger partial charge in [0.1, 0.15) is 0 Å². The van der Waals surface area contributed by atoms with Crippen molar-refractivity contribution in [3.63, 3.8) is 0 Å². The van der Waals surface area contributed by atoms with Crippen LogP contribution in [0.15, 0.2) is 12.4 Å². The second kappa shape index (κ2) is 2.67. The Hall–Kier alpha value is -1.16. The monoisotopic (exact) mass is 179 g/mol. The van der Waals surface area contributed by atoms with E-state index >= 15 is 0 Å². The Labute approximate surface area is 76.7 Å². The van der Waals surface area contributed by atoms with Crippen molar-refractivity contribution in [1.29, 1.82) is 0 Å². The third-order valence-corrected chi connectivity index (χ3v) is 2.46. The average Bonchev–Trinajstić information content (AvgIpc) is 2.71. The molecule has 1 aliphatic carbocycles. The standard InChI is InChI=1S/C9H13N3O/c1-2-12-6-7(5-11-12)8(13)9(10)3-4-9/h5-6H,2-4,10H2,1H3. The summed E-state index contributed by atoms with van der Waals surface area (Å²) < 4.78 is 1.74. The SMILES string of the molecule is CCn1cc(C(=O)C2(N)CC2)cn1. The predicted octanol–water partition coefficient (Wildman–Crippen LogP) is 0.577. The number of carbonyl (C=O) groups excluding carboxylic acids is 1. The van der Waals surface area contributed by atoms with E-state index in [9.17, 15) is 4.79 Å². The summed E-state index contributed by atoms with van der Waals surface area (Å²) in [5, 5.41) is 4.04. The number of carbonyl (C=O) groups is 1. The Kier molecular flexibility index (Phi) is 1.73. The van der Waals surface area contributed by atoms with Crippen LogP contribution in [-0.2, 0) is 6.54 Å². The summed E-state index contributed by atoms with van der Waals surface area (Å²) in [6.07, 6.45) is 4.97. The second-order valence-electron chi connectivity index (χ2n) is 3.57. The second-order valence-corrected chi connectivity index (χ2v) is 3.57. The van der Waals surface area contributed by atoms with Gasteiger partial charge in [0.05, 0.1) is 17.3 Å². The molecule has 0 aromatic carbocycles. The van der Waals surface area contributed by atoms with E-state index in [2.05, 4.69) is 5.10 Å². The maximum Gasteiger partial charge on any atom is 0.185 e. The van der Waals surface area contributed by atoms with E-state index in [-0.39, 0.29) is 5.78 Å². The molecule has 70 valence electrons. The maximum atomic E-state index is 11.7. The average molecular weight is 179 g/mol. The normalized spacial score (nSPS) is 18.6. The summed E-state index contributed by atoms with van der Waals surface area (Å²) in [6, 6.07) is 0. The van der Waals surface area contributed by atoms with E-state index in [0.717, 1.165) is 19.4 Å². The molecule has 0 atom stereocenters. The summed E-state index contributed by atoms with van der Waals surface area (Å²) in [6.45, 7) is 2.77. The van der Waals surface area contributed by atoms with Gasteiger partial charge in [-0.05, 0) is 19.8 Å². The summed E-state index contributed by atoms with van der Waals surface area (Å²) >= 11 is 0. The molecule has 0 aliphatic heterocycles. The highest BCUT2D eigenvalue weighted by Crippen LogP contribution is 2.35. The van der Waals surface area contributed by atoms with Gasteiger partial charge in [-0.15, -0.1) is 0 Å². The van der Waals surface area contributed by atoms with Crippen LogP contribution in [0.25, 0.3) is 0 Å². The highest BCUT2D eigenvalue weighted by atomic mass is 16.1. The fraction of sp³-hybridized carbons (Fsp3) is 0.556. The van der Waals surface area contributed by atoms with Crippen molar-refractivity contribution in [2.45, 2.75) is 31.8 Å². The largest absolute Gasteiger partial charge is 0.319 e. The van der Waals surface area contributed by atoms with Gasteiger partial charge in [0.25, 0.3) is 0 Å². The van der Waals surface area contributed by atoms with Gasteiger partial charge in [0.2, 0.25) is 0 Å². The lowest BCUT2D eigenvalue weighted by atomic mass is 10.1. The van der Waals surface area contributed by atoms with Crippen LogP contribution in [0.3, 0.4) is 0 Å². The zero-order valence-corrected chi connectivity index (χ0v) is 7.66. The molecule has 4 nitrogen and oxygen atoms in total. The Morgan fingerprint density at radius 2 is 2.46 bits per heavy atom. The zero-order valence-electron chi connectivity index (χ0n) is 7.66.